The molecule has 18 heavy (non-hydrogen) atoms. The van der Waals surface area contributed by atoms with Gasteiger partial charge in [0, 0.05) is 12.0 Å². The van der Waals surface area contributed by atoms with Crippen molar-refractivity contribution in [2.45, 2.75) is 31.2 Å². The minimum absolute atomic E-state index is 0.577. The summed E-state index contributed by atoms with van der Waals surface area (Å²) in [7, 11) is 1.60. The van der Waals surface area contributed by atoms with E-state index < -0.39 is 0 Å². The van der Waals surface area contributed by atoms with Crippen molar-refractivity contribution in [2.24, 2.45) is 5.92 Å². The number of hydrogen-bond donors (Lipinski definition) is 1. The number of carbonyl (C=O) groups excluding carboxylic acids is 1. The standard InChI is InChI=1S/C15H19NO2/c1-18-15-5-4-11(6-12(15)9-17)13-7-14(13)16-8-10-2-3-10/h4-6,9-10,13-14,16H,2-3,7-8H2,1H3. The van der Waals surface area contributed by atoms with Gasteiger partial charge in [-0.3, -0.25) is 4.79 Å². The number of carbonyl (C=O) groups is 1. The zero-order valence-corrected chi connectivity index (χ0v) is 10.7. The van der Waals surface area contributed by atoms with Gasteiger partial charge in [-0.15, -0.1) is 0 Å². The van der Waals surface area contributed by atoms with E-state index in [1.807, 2.05) is 12.1 Å². The van der Waals surface area contributed by atoms with Crippen LogP contribution in [0.25, 0.3) is 0 Å². The number of ether oxygens (including phenoxy) is 1. The summed E-state index contributed by atoms with van der Waals surface area (Å²) < 4.78 is 5.16. The van der Waals surface area contributed by atoms with Crippen LogP contribution in [0.15, 0.2) is 18.2 Å². The monoisotopic (exact) mass is 245 g/mol. The Labute approximate surface area is 108 Å². The first-order valence-corrected chi connectivity index (χ1v) is 6.68. The van der Waals surface area contributed by atoms with Crippen molar-refractivity contribution in [3.8, 4) is 5.75 Å². The van der Waals surface area contributed by atoms with Crippen molar-refractivity contribution < 1.29 is 9.53 Å². The number of hydrogen-bond acceptors (Lipinski definition) is 3. The molecule has 96 valence electrons. The molecule has 3 nitrogen and oxygen atoms in total. The molecule has 0 radical (unpaired) electrons. The van der Waals surface area contributed by atoms with Crippen LogP contribution in [0.2, 0.25) is 0 Å². The molecule has 2 atom stereocenters. The minimum Gasteiger partial charge on any atom is -0.496 e. The third kappa shape index (κ3) is 2.41. The Hall–Kier alpha value is -1.35. The lowest BCUT2D eigenvalue weighted by Crippen LogP contribution is -2.20. The maximum atomic E-state index is 11.0. The molecule has 0 bridgehead atoms. The van der Waals surface area contributed by atoms with Crippen molar-refractivity contribution >= 4 is 6.29 Å². The zero-order valence-electron chi connectivity index (χ0n) is 10.7. The van der Waals surface area contributed by atoms with Crippen molar-refractivity contribution in [1.29, 1.82) is 0 Å². The lowest BCUT2D eigenvalue weighted by Gasteiger charge is -2.07. The van der Waals surface area contributed by atoms with Gasteiger partial charge in [0.2, 0.25) is 0 Å². The average molecular weight is 245 g/mol. The highest BCUT2D eigenvalue weighted by atomic mass is 16.5. The van der Waals surface area contributed by atoms with E-state index >= 15 is 0 Å². The number of rotatable bonds is 6. The predicted molar refractivity (Wildman–Crippen MR) is 70.3 cm³/mol. The Morgan fingerprint density at radius 1 is 1.44 bits per heavy atom. The van der Waals surface area contributed by atoms with Crippen LogP contribution in [-0.4, -0.2) is 26.0 Å². The molecule has 0 aliphatic heterocycles. The molecule has 2 unspecified atom stereocenters. The molecular weight excluding hydrogens is 226 g/mol. The van der Waals surface area contributed by atoms with Crippen molar-refractivity contribution in [3.05, 3.63) is 29.3 Å². The molecule has 0 spiro atoms. The van der Waals surface area contributed by atoms with Crippen LogP contribution in [0.5, 0.6) is 5.75 Å². The van der Waals surface area contributed by atoms with Gasteiger partial charge in [-0.2, -0.15) is 0 Å². The first kappa shape index (κ1) is 11.7. The first-order chi connectivity index (χ1) is 8.81. The molecule has 1 aromatic carbocycles. The van der Waals surface area contributed by atoms with Gasteiger partial charge in [0.15, 0.2) is 6.29 Å². The van der Waals surface area contributed by atoms with Gasteiger partial charge in [-0.1, -0.05) is 6.07 Å². The Kier molecular flexibility index (Phi) is 3.08. The SMILES string of the molecule is COc1ccc(C2CC2NCC2CC2)cc1C=O. The second-order valence-electron chi connectivity index (χ2n) is 5.42. The Balaban J connectivity index is 1.64. The van der Waals surface area contributed by atoms with Crippen LogP contribution in [0.3, 0.4) is 0 Å². The third-order valence-corrected chi connectivity index (χ3v) is 3.96. The highest BCUT2D eigenvalue weighted by Crippen LogP contribution is 2.42. The normalized spacial score (nSPS) is 25.8. The summed E-state index contributed by atoms with van der Waals surface area (Å²) in [5.74, 6) is 2.16. The maximum Gasteiger partial charge on any atom is 0.153 e. The number of methoxy groups -OCH3 is 1. The van der Waals surface area contributed by atoms with Crippen molar-refractivity contribution in [3.63, 3.8) is 0 Å². The average Bonchev–Trinajstić information content (AvgIpc) is 3.28. The lowest BCUT2D eigenvalue weighted by atomic mass is 10.1. The van der Waals surface area contributed by atoms with E-state index in [-0.39, 0.29) is 0 Å². The summed E-state index contributed by atoms with van der Waals surface area (Å²) in [6.07, 6.45) is 4.85. The van der Waals surface area contributed by atoms with E-state index in [1.54, 1.807) is 7.11 Å². The van der Waals surface area contributed by atoms with E-state index in [0.29, 0.717) is 23.3 Å². The maximum absolute atomic E-state index is 11.0. The minimum atomic E-state index is 0.577. The predicted octanol–water partition coefficient (Wildman–Crippen LogP) is 2.36. The van der Waals surface area contributed by atoms with E-state index in [4.69, 9.17) is 4.74 Å². The summed E-state index contributed by atoms with van der Waals surface area (Å²) >= 11 is 0. The fraction of sp³-hybridized carbons (Fsp3) is 0.533. The molecule has 3 heteroatoms. The molecule has 0 amide bonds. The van der Waals surface area contributed by atoms with E-state index in [2.05, 4.69) is 11.4 Å². The number of nitrogens with one attached hydrogen (secondary N) is 1. The van der Waals surface area contributed by atoms with Gasteiger partial charge in [0.25, 0.3) is 0 Å². The molecule has 0 saturated heterocycles. The second-order valence-corrected chi connectivity index (χ2v) is 5.42. The summed E-state index contributed by atoms with van der Waals surface area (Å²) in [6, 6.07) is 6.55. The molecule has 2 aliphatic carbocycles. The van der Waals surface area contributed by atoms with Crippen LogP contribution in [0.4, 0.5) is 0 Å². The molecule has 1 aromatic rings. The van der Waals surface area contributed by atoms with E-state index in [9.17, 15) is 4.79 Å². The first-order valence-electron chi connectivity index (χ1n) is 6.68. The van der Waals surface area contributed by atoms with Crippen molar-refractivity contribution in [2.75, 3.05) is 13.7 Å². The Bertz CT molecular complexity index is 454. The molecule has 0 heterocycles. The van der Waals surface area contributed by atoms with Crippen molar-refractivity contribution in [1.82, 2.24) is 5.32 Å². The van der Waals surface area contributed by atoms with Gasteiger partial charge in [0.1, 0.15) is 5.75 Å². The molecule has 3 rings (SSSR count). The van der Waals surface area contributed by atoms with E-state index in [0.717, 1.165) is 18.7 Å². The van der Waals surface area contributed by atoms with Gasteiger partial charge in [-0.25, -0.2) is 0 Å². The van der Waals surface area contributed by atoms with Crippen LogP contribution < -0.4 is 10.1 Å². The summed E-state index contributed by atoms with van der Waals surface area (Å²) in [5, 5.41) is 3.61. The molecule has 1 N–H and O–H groups in total. The van der Waals surface area contributed by atoms with Crippen LogP contribution in [-0.2, 0) is 0 Å². The molecule has 2 saturated carbocycles. The van der Waals surface area contributed by atoms with Gasteiger partial charge in [-0.05, 0) is 49.4 Å². The van der Waals surface area contributed by atoms with Gasteiger partial charge >= 0.3 is 0 Å². The summed E-state index contributed by atoms with van der Waals surface area (Å²) in [6.45, 7) is 1.16. The highest BCUT2D eigenvalue weighted by Gasteiger charge is 2.39. The fourth-order valence-corrected chi connectivity index (χ4v) is 2.50. The van der Waals surface area contributed by atoms with E-state index in [1.165, 1.54) is 24.8 Å². The quantitative estimate of drug-likeness (QED) is 0.782. The smallest absolute Gasteiger partial charge is 0.153 e. The van der Waals surface area contributed by atoms with Gasteiger partial charge in [0.05, 0.1) is 12.7 Å². The lowest BCUT2D eigenvalue weighted by molar-refractivity contribution is 0.112. The van der Waals surface area contributed by atoms with Crippen LogP contribution in [0.1, 0.15) is 41.1 Å². The highest BCUT2D eigenvalue weighted by molar-refractivity contribution is 5.79. The number of benzene rings is 1. The summed E-state index contributed by atoms with van der Waals surface area (Å²) in [5.41, 5.74) is 1.91. The molecule has 2 aliphatic rings. The fourth-order valence-electron chi connectivity index (χ4n) is 2.50. The Morgan fingerprint density at radius 3 is 2.94 bits per heavy atom. The largest absolute Gasteiger partial charge is 0.496 e. The zero-order chi connectivity index (χ0) is 12.5. The summed E-state index contributed by atoms with van der Waals surface area (Å²) in [4.78, 5) is 11.0. The topological polar surface area (TPSA) is 38.3 Å². The number of aldehydes is 1. The molecule has 2 fully saturated rings. The molecular formula is C15H19NO2. The van der Waals surface area contributed by atoms with Crippen LogP contribution >= 0.6 is 0 Å². The van der Waals surface area contributed by atoms with Crippen LogP contribution in [0, 0.1) is 5.92 Å². The third-order valence-electron chi connectivity index (χ3n) is 3.96. The second kappa shape index (κ2) is 4.73. The Morgan fingerprint density at radius 2 is 2.28 bits per heavy atom. The molecule has 0 aromatic heterocycles. The van der Waals surface area contributed by atoms with Gasteiger partial charge < -0.3 is 10.1 Å².